The molecule has 4 heteroatoms. The first kappa shape index (κ1) is 12.1. The second-order valence-electron chi connectivity index (χ2n) is 4.14. The molecule has 0 atom stereocenters. The van der Waals surface area contributed by atoms with Crippen molar-refractivity contribution >= 4 is 11.6 Å². The van der Waals surface area contributed by atoms with E-state index in [1.54, 1.807) is 0 Å². The van der Waals surface area contributed by atoms with E-state index in [9.17, 15) is 0 Å². The van der Waals surface area contributed by atoms with E-state index in [4.69, 9.17) is 11.6 Å². The van der Waals surface area contributed by atoms with Gasteiger partial charge in [-0.3, -0.25) is 0 Å². The van der Waals surface area contributed by atoms with Crippen molar-refractivity contribution in [1.82, 2.24) is 15.1 Å². The predicted molar refractivity (Wildman–Crippen MR) is 70.8 cm³/mol. The van der Waals surface area contributed by atoms with Gasteiger partial charge < -0.3 is 5.32 Å². The van der Waals surface area contributed by atoms with E-state index in [1.165, 1.54) is 5.56 Å². The largest absolute Gasteiger partial charge is 0.316 e. The first-order valence-corrected chi connectivity index (χ1v) is 5.96. The minimum absolute atomic E-state index is 0.729. The lowest BCUT2D eigenvalue weighted by Crippen LogP contribution is -2.10. The van der Waals surface area contributed by atoms with Crippen LogP contribution in [0.15, 0.2) is 24.3 Å². The topological polar surface area (TPSA) is 29.9 Å². The molecule has 0 fully saturated rings. The molecule has 0 saturated carbocycles. The van der Waals surface area contributed by atoms with Crippen molar-refractivity contribution < 1.29 is 0 Å². The molecule has 0 aliphatic carbocycles. The zero-order chi connectivity index (χ0) is 12.4. The van der Waals surface area contributed by atoms with Crippen molar-refractivity contribution in [2.24, 2.45) is 0 Å². The number of nitrogens with zero attached hydrogens (tertiary/aromatic N) is 2. The highest BCUT2D eigenvalue weighted by molar-refractivity contribution is 6.30. The van der Waals surface area contributed by atoms with Gasteiger partial charge in [0.25, 0.3) is 0 Å². The Kier molecular flexibility index (Phi) is 3.50. The molecule has 0 saturated heterocycles. The van der Waals surface area contributed by atoms with Gasteiger partial charge in [0.2, 0.25) is 0 Å². The average molecular weight is 250 g/mol. The third-order valence-corrected chi connectivity index (χ3v) is 2.89. The third-order valence-electron chi connectivity index (χ3n) is 2.65. The molecule has 3 nitrogen and oxygen atoms in total. The Morgan fingerprint density at radius 3 is 2.65 bits per heavy atom. The summed E-state index contributed by atoms with van der Waals surface area (Å²) in [6, 6.07) is 7.95. The first-order valence-electron chi connectivity index (χ1n) is 5.58. The summed E-state index contributed by atoms with van der Waals surface area (Å²) in [4.78, 5) is 0. The molecule has 90 valence electrons. The third kappa shape index (κ3) is 2.51. The van der Waals surface area contributed by atoms with Crippen LogP contribution < -0.4 is 5.32 Å². The Morgan fingerprint density at radius 1 is 1.29 bits per heavy atom. The van der Waals surface area contributed by atoms with E-state index in [1.807, 2.05) is 43.8 Å². The van der Waals surface area contributed by atoms with Crippen LogP contribution in [0.1, 0.15) is 17.0 Å². The average Bonchev–Trinajstić information content (AvgIpc) is 2.61. The molecule has 17 heavy (non-hydrogen) atoms. The summed E-state index contributed by atoms with van der Waals surface area (Å²) in [7, 11) is 1.93. The molecule has 2 rings (SSSR count). The van der Waals surface area contributed by atoms with Gasteiger partial charge in [0.05, 0.1) is 11.4 Å². The van der Waals surface area contributed by atoms with Crippen LogP contribution >= 0.6 is 11.6 Å². The molecule has 0 amide bonds. The Labute approximate surface area is 106 Å². The fourth-order valence-electron chi connectivity index (χ4n) is 1.95. The van der Waals surface area contributed by atoms with E-state index in [2.05, 4.69) is 16.5 Å². The molecular weight excluding hydrogens is 234 g/mol. The summed E-state index contributed by atoms with van der Waals surface area (Å²) in [5.74, 6) is 0. The van der Waals surface area contributed by atoms with Crippen LogP contribution in [-0.2, 0) is 6.54 Å². The molecule has 0 spiro atoms. The van der Waals surface area contributed by atoms with Crippen molar-refractivity contribution in [2.75, 3.05) is 7.05 Å². The zero-order valence-electron chi connectivity index (χ0n) is 10.3. The van der Waals surface area contributed by atoms with Crippen molar-refractivity contribution in [3.63, 3.8) is 0 Å². The maximum Gasteiger partial charge on any atom is 0.0708 e. The normalized spacial score (nSPS) is 10.8. The molecule has 2 aromatic rings. The first-order chi connectivity index (χ1) is 8.11. The molecule has 0 bridgehead atoms. The molecular formula is C13H16ClN3. The smallest absolute Gasteiger partial charge is 0.0708 e. The maximum absolute atomic E-state index is 6.06. The summed E-state index contributed by atoms with van der Waals surface area (Å²) in [6.07, 6.45) is 0. The van der Waals surface area contributed by atoms with Crippen LogP contribution in [0.5, 0.6) is 0 Å². The van der Waals surface area contributed by atoms with Gasteiger partial charge in [-0.05, 0) is 44.7 Å². The van der Waals surface area contributed by atoms with E-state index in [-0.39, 0.29) is 0 Å². The van der Waals surface area contributed by atoms with E-state index < -0.39 is 0 Å². The quantitative estimate of drug-likeness (QED) is 0.907. The number of benzene rings is 1. The van der Waals surface area contributed by atoms with E-state index >= 15 is 0 Å². The summed E-state index contributed by atoms with van der Waals surface area (Å²) in [5, 5.41) is 8.38. The Hall–Kier alpha value is -1.32. The van der Waals surface area contributed by atoms with Gasteiger partial charge in [-0.2, -0.15) is 5.10 Å². The summed E-state index contributed by atoms with van der Waals surface area (Å²) >= 11 is 6.06. The van der Waals surface area contributed by atoms with E-state index in [0.717, 1.165) is 28.6 Å². The molecule has 0 aliphatic rings. The number of halogens is 1. The van der Waals surface area contributed by atoms with Gasteiger partial charge >= 0.3 is 0 Å². The molecule has 1 aromatic carbocycles. The minimum Gasteiger partial charge on any atom is -0.316 e. The van der Waals surface area contributed by atoms with Crippen LogP contribution in [0.3, 0.4) is 0 Å². The number of nitrogens with one attached hydrogen (secondary N) is 1. The van der Waals surface area contributed by atoms with Gasteiger partial charge in [0.1, 0.15) is 0 Å². The second kappa shape index (κ2) is 4.90. The van der Waals surface area contributed by atoms with Gasteiger partial charge in [-0.1, -0.05) is 17.7 Å². The molecule has 1 heterocycles. The number of rotatable bonds is 3. The molecule has 0 radical (unpaired) electrons. The van der Waals surface area contributed by atoms with Crippen LogP contribution in [0.4, 0.5) is 0 Å². The lowest BCUT2D eigenvalue weighted by atomic mass is 10.1. The van der Waals surface area contributed by atoms with Crippen LogP contribution in [0, 0.1) is 13.8 Å². The lowest BCUT2D eigenvalue weighted by Gasteiger charge is -2.11. The summed E-state index contributed by atoms with van der Waals surface area (Å²) < 4.78 is 1.94. The van der Waals surface area contributed by atoms with Gasteiger partial charge in [-0.25, -0.2) is 4.68 Å². The molecule has 0 aliphatic heterocycles. The van der Waals surface area contributed by atoms with Crippen molar-refractivity contribution in [3.8, 4) is 5.69 Å². The highest BCUT2D eigenvalue weighted by Gasteiger charge is 2.09. The fourth-order valence-corrected chi connectivity index (χ4v) is 2.11. The van der Waals surface area contributed by atoms with Crippen molar-refractivity contribution in [2.45, 2.75) is 20.4 Å². The van der Waals surface area contributed by atoms with Crippen molar-refractivity contribution in [3.05, 3.63) is 46.2 Å². The number of hydrogen-bond acceptors (Lipinski definition) is 2. The lowest BCUT2D eigenvalue weighted by molar-refractivity contribution is 0.775. The SMILES string of the molecule is CNCc1ccc(Cl)cc1-n1nc(C)cc1C. The Balaban J connectivity index is 2.56. The van der Waals surface area contributed by atoms with E-state index in [0.29, 0.717) is 0 Å². The molecule has 1 N–H and O–H groups in total. The predicted octanol–water partition coefficient (Wildman–Crippen LogP) is 2.86. The monoisotopic (exact) mass is 249 g/mol. The number of hydrogen-bond donors (Lipinski definition) is 1. The van der Waals surface area contributed by atoms with Gasteiger partial charge in [-0.15, -0.1) is 0 Å². The van der Waals surface area contributed by atoms with Crippen LogP contribution in [-0.4, -0.2) is 16.8 Å². The fraction of sp³-hybridized carbons (Fsp3) is 0.308. The van der Waals surface area contributed by atoms with Crippen LogP contribution in [0.25, 0.3) is 5.69 Å². The van der Waals surface area contributed by atoms with Crippen LogP contribution in [0.2, 0.25) is 5.02 Å². The zero-order valence-corrected chi connectivity index (χ0v) is 11.0. The Morgan fingerprint density at radius 2 is 2.06 bits per heavy atom. The Bertz CT molecular complexity index is 531. The highest BCUT2D eigenvalue weighted by atomic mass is 35.5. The standard InChI is InChI=1S/C13H16ClN3/c1-9-6-10(2)17(16-9)13-7-12(14)5-4-11(13)8-15-3/h4-7,15H,8H2,1-3H3. The van der Waals surface area contributed by atoms with Gasteiger partial charge in [0, 0.05) is 17.3 Å². The maximum atomic E-state index is 6.06. The molecule has 1 aromatic heterocycles. The molecule has 0 unspecified atom stereocenters. The second-order valence-corrected chi connectivity index (χ2v) is 4.58. The van der Waals surface area contributed by atoms with Crippen molar-refractivity contribution in [1.29, 1.82) is 0 Å². The van der Waals surface area contributed by atoms with Gasteiger partial charge in [0.15, 0.2) is 0 Å². The minimum atomic E-state index is 0.729. The number of aryl methyl sites for hydroxylation is 2. The number of aromatic nitrogens is 2. The highest BCUT2D eigenvalue weighted by Crippen LogP contribution is 2.21. The summed E-state index contributed by atoms with van der Waals surface area (Å²) in [6.45, 7) is 4.83. The summed E-state index contributed by atoms with van der Waals surface area (Å²) in [5.41, 5.74) is 4.35.